The quantitative estimate of drug-likeness (QED) is 0.884. The molecule has 1 aromatic rings. The Kier molecular flexibility index (Phi) is 3.25. The minimum Gasteiger partial charge on any atom is -0.496 e. The summed E-state index contributed by atoms with van der Waals surface area (Å²) in [6.07, 6.45) is 4.54. The van der Waals surface area contributed by atoms with Crippen molar-refractivity contribution in [3.63, 3.8) is 0 Å². The maximum atomic E-state index is 5.41. The maximum Gasteiger partial charge on any atom is 0.121 e. The van der Waals surface area contributed by atoms with E-state index < -0.39 is 0 Å². The second-order valence-electron chi connectivity index (χ2n) is 7.33. The van der Waals surface area contributed by atoms with Gasteiger partial charge in [-0.3, -0.25) is 0 Å². The zero-order valence-corrected chi connectivity index (χ0v) is 13.4. The van der Waals surface area contributed by atoms with E-state index in [0.717, 1.165) is 41.9 Å². The predicted octanol–water partition coefficient (Wildman–Crippen LogP) is 3.95. The fraction of sp³-hybridized carbons (Fsp3) is 0.684. The minimum atomic E-state index is 0.554. The fourth-order valence-electron chi connectivity index (χ4n) is 5.63. The van der Waals surface area contributed by atoms with E-state index >= 15 is 0 Å². The molecule has 0 aliphatic heterocycles. The van der Waals surface area contributed by atoms with Gasteiger partial charge in [-0.2, -0.15) is 0 Å². The Balaban J connectivity index is 1.59. The van der Waals surface area contributed by atoms with Crippen molar-refractivity contribution in [1.82, 2.24) is 5.32 Å². The average Bonchev–Trinajstić information content (AvgIpc) is 2.89. The summed E-state index contributed by atoms with van der Waals surface area (Å²) < 4.78 is 5.41. The van der Waals surface area contributed by atoms with Crippen molar-refractivity contribution < 1.29 is 4.74 Å². The van der Waals surface area contributed by atoms with Gasteiger partial charge in [0.15, 0.2) is 0 Å². The Hall–Kier alpha value is -1.02. The van der Waals surface area contributed by atoms with Gasteiger partial charge in [-0.15, -0.1) is 0 Å². The molecule has 4 rings (SSSR count). The van der Waals surface area contributed by atoms with Gasteiger partial charge in [0.25, 0.3) is 0 Å². The molecule has 2 heteroatoms. The number of hydrogen-bond donors (Lipinski definition) is 1. The van der Waals surface area contributed by atoms with Gasteiger partial charge in [-0.25, -0.2) is 0 Å². The zero-order valence-electron chi connectivity index (χ0n) is 13.4. The molecule has 5 atom stereocenters. The molecule has 0 heterocycles. The third-order valence-corrected chi connectivity index (χ3v) is 6.38. The van der Waals surface area contributed by atoms with Crippen LogP contribution in [0.15, 0.2) is 18.2 Å². The first-order valence-electron chi connectivity index (χ1n) is 8.62. The Labute approximate surface area is 128 Å². The van der Waals surface area contributed by atoms with Crippen molar-refractivity contribution in [3.8, 4) is 5.75 Å². The van der Waals surface area contributed by atoms with Crippen LogP contribution in [0.25, 0.3) is 0 Å². The lowest BCUT2D eigenvalue weighted by molar-refractivity contribution is 0.373. The third-order valence-electron chi connectivity index (χ3n) is 6.38. The van der Waals surface area contributed by atoms with Crippen molar-refractivity contribution in [2.45, 2.75) is 39.2 Å². The smallest absolute Gasteiger partial charge is 0.121 e. The van der Waals surface area contributed by atoms with E-state index in [0.29, 0.717) is 6.04 Å². The van der Waals surface area contributed by atoms with Gasteiger partial charge < -0.3 is 10.1 Å². The van der Waals surface area contributed by atoms with Crippen LogP contribution in [0.5, 0.6) is 5.75 Å². The van der Waals surface area contributed by atoms with E-state index in [1.165, 1.54) is 30.4 Å². The topological polar surface area (TPSA) is 21.3 Å². The Morgan fingerprint density at radius 2 is 1.95 bits per heavy atom. The van der Waals surface area contributed by atoms with Gasteiger partial charge in [0.05, 0.1) is 7.11 Å². The van der Waals surface area contributed by atoms with Gasteiger partial charge >= 0.3 is 0 Å². The molecule has 2 nitrogen and oxygen atoms in total. The number of fused-ring (bicyclic) bond motifs is 5. The lowest BCUT2D eigenvalue weighted by Crippen LogP contribution is -2.25. The number of aryl methyl sites for hydroxylation is 1. The molecule has 21 heavy (non-hydrogen) atoms. The molecule has 1 aromatic carbocycles. The molecule has 5 unspecified atom stereocenters. The molecule has 3 aliphatic carbocycles. The molecule has 0 amide bonds. The molecule has 114 valence electrons. The van der Waals surface area contributed by atoms with Crippen LogP contribution in [-0.4, -0.2) is 13.7 Å². The monoisotopic (exact) mass is 285 g/mol. The van der Waals surface area contributed by atoms with E-state index in [1.807, 2.05) is 0 Å². The first-order valence-corrected chi connectivity index (χ1v) is 8.62. The van der Waals surface area contributed by atoms with Crippen LogP contribution in [0.3, 0.4) is 0 Å². The molecule has 0 saturated heterocycles. The van der Waals surface area contributed by atoms with Gasteiger partial charge in [-0.05, 0) is 79.5 Å². The van der Waals surface area contributed by atoms with Gasteiger partial charge in [0.1, 0.15) is 5.75 Å². The largest absolute Gasteiger partial charge is 0.496 e. The van der Waals surface area contributed by atoms with Crippen molar-refractivity contribution in [1.29, 1.82) is 0 Å². The lowest BCUT2D eigenvalue weighted by atomic mass is 9.92. The van der Waals surface area contributed by atoms with Crippen LogP contribution >= 0.6 is 0 Å². The lowest BCUT2D eigenvalue weighted by Gasteiger charge is -2.23. The van der Waals surface area contributed by atoms with Crippen molar-refractivity contribution in [2.24, 2.45) is 29.6 Å². The molecule has 3 saturated carbocycles. The van der Waals surface area contributed by atoms with E-state index in [-0.39, 0.29) is 0 Å². The Morgan fingerprint density at radius 1 is 1.24 bits per heavy atom. The number of nitrogens with one attached hydrogen (secondary N) is 1. The molecular weight excluding hydrogens is 258 g/mol. The van der Waals surface area contributed by atoms with Crippen LogP contribution in [0, 0.1) is 36.5 Å². The number of rotatable bonds is 5. The standard InChI is InChI=1S/C19H27NO/c1-4-20-19(14-7-8-15(21-3)11(2)9-14)18-16-12-5-6-13(10-12)17(16)18/h7-9,12-13,16-20H,4-6,10H2,1-3H3. The average molecular weight is 285 g/mol. The van der Waals surface area contributed by atoms with Gasteiger partial charge in [0.2, 0.25) is 0 Å². The Morgan fingerprint density at radius 3 is 2.52 bits per heavy atom. The first-order chi connectivity index (χ1) is 10.2. The highest BCUT2D eigenvalue weighted by Gasteiger charge is 2.66. The van der Waals surface area contributed by atoms with E-state index in [2.05, 4.69) is 37.4 Å². The molecule has 2 bridgehead atoms. The van der Waals surface area contributed by atoms with Crippen LogP contribution in [-0.2, 0) is 0 Å². The van der Waals surface area contributed by atoms with Gasteiger partial charge in [0, 0.05) is 6.04 Å². The van der Waals surface area contributed by atoms with Crippen molar-refractivity contribution in [3.05, 3.63) is 29.3 Å². The summed E-state index contributed by atoms with van der Waals surface area (Å²) in [5, 5.41) is 3.78. The third kappa shape index (κ3) is 2.03. The molecule has 3 aliphatic rings. The zero-order chi connectivity index (χ0) is 14.6. The van der Waals surface area contributed by atoms with Crippen molar-refractivity contribution in [2.75, 3.05) is 13.7 Å². The molecule has 0 aromatic heterocycles. The summed E-state index contributed by atoms with van der Waals surface area (Å²) in [4.78, 5) is 0. The normalized spacial score (nSPS) is 37.4. The van der Waals surface area contributed by atoms with E-state index in [4.69, 9.17) is 4.74 Å². The summed E-state index contributed by atoms with van der Waals surface area (Å²) in [5.41, 5.74) is 2.72. The van der Waals surface area contributed by atoms with E-state index in [9.17, 15) is 0 Å². The molecule has 3 fully saturated rings. The predicted molar refractivity (Wildman–Crippen MR) is 85.4 cm³/mol. The molecule has 0 spiro atoms. The van der Waals surface area contributed by atoms with Crippen molar-refractivity contribution >= 4 is 0 Å². The number of methoxy groups -OCH3 is 1. The van der Waals surface area contributed by atoms with Crippen LogP contribution in [0.1, 0.15) is 43.4 Å². The molecular formula is C19H27NO. The van der Waals surface area contributed by atoms with Crippen LogP contribution in [0.2, 0.25) is 0 Å². The minimum absolute atomic E-state index is 0.554. The Bertz CT molecular complexity index is 524. The second kappa shape index (κ2) is 5.01. The maximum absolute atomic E-state index is 5.41. The number of benzene rings is 1. The van der Waals surface area contributed by atoms with Gasteiger partial charge in [-0.1, -0.05) is 19.1 Å². The fourth-order valence-corrected chi connectivity index (χ4v) is 5.63. The SMILES string of the molecule is CCNC(c1ccc(OC)c(C)c1)C1C2C3CCC(C3)C21. The summed E-state index contributed by atoms with van der Waals surface area (Å²) in [6.45, 7) is 5.44. The number of ether oxygens (including phenoxy) is 1. The second-order valence-corrected chi connectivity index (χ2v) is 7.33. The molecule has 1 N–H and O–H groups in total. The highest BCUT2D eigenvalue weighted by molar-refractivity contribution is 5.38. The highest BCUT2D eigenvalue weighted by Crippen LogP contribution is 2.72. The highest BCUT2D eigenvalue weighted by atomic mass is 16.5. The first kappa shape index (κ1) is 13.6. The van der Waals surface area contributed by atoms with E-state index in [1.54, 1.807) is 7.11 Å². The summed E-state index contributed by atoms with van der Waals surface area (Å²) >= 11 is 0. The molecule has 0 radical (unpaired) electrons. The summed E-state index contributed by atoms with van der Waals surface area (Å²) in [6, 6.07) is 7.30. The van der Waals surface area contributed by atoms with Crippen LogP contribution < -0.4 is 10.1 Å². The number of hydrogen-bond acceptors (Lipinski definition) is 2. The summed E-state index contributed by atoms with van der Waals surface area (Å²) in [5.74, 6) is 6.04. The summed E-state index contributed by atoms with van der Waals surface area (Å²) in [7, 11) is 1.76. The van der Waals surface area contributed by atoms with Crippen LogP contribution in [0.4, 0.5) is 0 Å².